The van der Waals surface area contributed by atoms with Crippen molar-refractivity contribution in [2.45, 2.75) is 19.4 Å². The number of nitrogens with zero attached hydrogens (tertiary/aromatic N) is 1. The highest BCUT2D eigenvalue weighted by molar-refractivity contribution is 5.79. The fourth-order valence-electron chi connectivity index (χ4n) is 3.76. The summed E-state index contributed by atoms with van der Waals surface area (Å²) in [6, 6.07) is 3.94. The van der Waals surface area contributed by atoms with Crippen LogP contribution < -0.4 is 5.32 Å². The molecule has 116 valence electrons. The van der Waals surface area contributed by atoms with Gasteiger partial charge in [0.15, 0.2) is 0 Å². The van der Waals surface area contributed by atoms with Crippen LogP contribution in [0, 0.1) is 17.8 Å². The highest BCUT2D eigenvalue weighted by Crippen LogP contribution is 2.34. The molecule has 0 spiro atoms. The predicted molar refractivity (Wildman–Crippen MR) is 78.6 cm³/mol. The summed E-state index contributed by atoms with van der Waals surface area (Å²) >= 11 is 0. The Hall–Kier alpha value is -1.33. The Morgan fingerprint density at radius 2 is 2.29 bits per heavy atom. The average molecular weight is 292 g/mol. The maximum atomic E-state index is 12.2. The van der Waals surface area contributed by atoms with Crippen molar-refractivity contribution in [3.63, 3.8) is 0 Å². The highest BCUT2D eigenvalue weighted by Gasteiger charge is 2.39. The van der Waals surface area contributed by atoms with Crippen LogP contribution in [-0.2, 0) is 16.1 Å². The van der Waals surface area contributed by atoms with Gasteiger partial charge in [-0.15, -0.1) is 0 Å². The molecule has 0 bridgehead atoms. The van der Waals surface area contributed by atoms with Crippen molar-refractivity contribution in [1.82, 2.24) is 10.2 Å². The summed E-state index contributed by atoms with van der Waals surface area (Å²) in [7, 11) is 1.74. The van der Waals surface area contributed by atoms with Gasteiger partial charge in [-0.2, -0.15) is 0 Å². The second-order valence-corrected chi connectivity index (χ2v) is 6.16. The van der Waals surface area contributed by atoms with E-state index in [4.69, 9.17) is 9.15 Å². The van der Waals surface area contributed by atoms with Gasteiger partial charge in [0.1, 0.15) is 5.76 Å². The Morgan fingerprint density at radius 3 is 3.05 bits per heavy atom. The first kappa shape index (κ1) is 14.6. The fourth-order valence-corrected chi connectivity index (χ4v) is 3.76. The molecule has 1 N–H and O–H groups in total. The summed E-state index contributed by atoms with van der Waals surface area (Å²) in [6.07, 6.45) is 3.71. The van der Waals surface area contributed by atoms with Gasteiger partial charge in [-0.25, -0.2) is 0 Å². The normalized spacial score (nSPS) is 30.5. The van der Waals surface area contributed by atoms with E-state index < -0.39 is 0 Å². The minimum atomic E-state index is 0.139. The zero-order valence-electron chi connectivity index (χ0n) is 12.6. The number of nitrogens with one attached hydrogen (secondary N) is 1. The smallest absolute Gasteiger partial charge is 0.223 e. The number of likely N-dealkylation sites (tertiary alicyclic amines) is 1. The summed E-state index contributed by atoms with van der Waals surface area (Å²) in [5, 5.41) is 3.05. The van der Waals surface area contributed by atoms with Gasteiger partial charge < -0.3 is 14.5 Å². The van der Waals surface area contributed by atoms with Gasteiger partial charge in [0, 0.05) is 25.5 Å². The van der Waals surface area contributed by atoms with Crippen LogP contribution in [0.3, 0.4) is 0 Å². The van der Waals surface area contributed by atoms with E-state index in [1.54, 1.807) is 13.4 Å². The largest absolute Gasteiger partial charge is 0.468 e. The summed E-state index contributed by atoms with van der Waals surface area (Å²) in [6.45, 7) is 4.30. The number of fused-ring (bicyclic) bond motifs is 1. The standard InChI is InChI=1S/C16H24N2O3/c1-20-11-12-9-17-16(19)15-5-7-18(6-4-14(12)15)10-13-3-2-8-21-13/h2-3,8,12,14-15H,4-7,9-11H2,1H3,(H,17,19)/t12-,14-,15-/m0/s1. The molecule has 21 heavy (non-hydrogen) atoms. The number of furan rings is 1. The monoisotopic (exact) mass is 292 g/mol. The Balaban J connectivity index is 1.65. The van der Waals surface area contributed by atoms with Gasteiger partial charge in [-0.1, -0.05) is 0 Å². The molecule has 0 aromatic carbocycles. The predicted octanol–water partition coefficient (Wildman–Crippen LogP) is 1.50. The van der Waals surface area contributed by atoms with Crippen LogP contribution in [0.15, 0.2) is 22.8 Å². The number of amides is 1. The van der Waals surface area contributed by atoms with Crippen LogP contribution in [0.1, 0.15) is 18.6 Å². The van der Waals surface area contributed by atoms with Crippen molar-refractivity contribution in [1.29, 1.82) is 0 Å². The number of carbonyl (C=O) groups is 1. The van der Waals surface area contributed by atoms with E-state index in [9.17, 15) is 4.79 Å². The van der Waals surface area contributed by atoms with Gasteiger partial charge in [-0.05, 0) is 44.0 Å². The third-order valence-electron chi connectivity index (χ3n) is 4.87. The van der Waals surface area contributed by atoms with E-state index in [0.717, 1.165) is 51.4 Å². The second-order valence-electron chi connectivity index (χ2n) is 6.16. The third kappa shape index (κ3) is 3.30. The van der Waals surface area contributed by atoms with E-state index in [1.807, 2.05) is 12.1 Å². The Bertz CT molecular complexity index is 460. The van der Waals surface area contributed by atoms with Gasteiger partial charge in [0.25, 0.3) is 0 Å². The molecule has 2 saturated heterocycles. The van der Waals surface area contributed by atoms with Gasteiger partial charge in [0.05, 0.1) is 19.4 Å². The molecule has 1 aromatic heterocycles. The van der Waals surface area contributed by atoms with Crippen LogP contribution in [0.2, 0.25) is 0 Å². The van der Waals surface area contributed by atoms with Gasteiger partial charge in [-0.3, -0.25) is 9.69 Å². The maximum Gasteiger partial charge on any atom is 0.223 e. The molecule has 5 heteroatoms. The molecule has 3 rings (SSSR count). The molecule has 1 aromatic rings. The molecule has 0 radical (unpaired) electrons. The van der Waals surface area contributed by atoms with Crippen molar-refractivity contribution in [2.24, 2.45) is 17.8 Å². The molecule has 2 fully saturated rings. The Kier molecular flexibility index (Phi) is 4.60. The first-order valence-corrected chi connectivity index (χ1v) is 7.79. The van der Waals surface area contributed by atoms with E-state index in [1.165, 1.54) is 0 Å². The molecule has 5 nitrogen and oxygen atoms in total. The van der Waals surface area contributed by atoms with Crippen molar-refractivity contribution in [2.75, 3.05) is 33.4 Å². The lowest BCUT2D eigenvalue weighted by molar-refractivity contribution is -0.131. The zero-order valence-corrected chi connectivity index (χ0v) is 12.6. The Labute approximate surface area is 125 Å². The summed E-state index contributed by atoms with van der Waals surface area (Å²) < 4.78 is 10.8. The summed E-state index contributed by atoms with van der Waals surface area (Å²) in [5.74, 6) is 2.26. The molecule has 0 aliphatic carbocycles. The van der Waals surface area contributed by atoms with Crippen molar-refractivity contribution >= 4 is 5.91 Å². The molecule has 0 saturated carbocycles. The Morgan fingerprint density at radius 1 is 1.43 bits per heavy atom. The molecule has 3 atom stereocenters. The van der Waals surface area contributed by atoms with Gasteiger partial charge in [0.2, 0.25) is 5.91 Å². The lowest BCUT2D eigenvalue weighted by atomic mass is 9.75. The van der Waals surface area contributed by atoms with Crippen LogP contribution in [-0.4, -0.2) is 44.2 Å². The minimum Gasteiger partial charge on any atom is -0.468 e. The molecular weight excluding hydrogens is 268 g/mol. The van der Waals surface area contributed by atoms with E-state index in [2.05, 4.69) is 10.2 Å². The van der Waals surface area contributed by atoms with E-state index >= 15 is 0 Å². The first-order valence-electron chi connectivity index (χ1n) is 7.79. The van der Waals surface area contributed by atoms with Gasteiger partial charge >= 0.3 is 0 Å². The topological polar surface area (TPSA) is 54.7 Å². The summed E-state index contributed by atoms with van der Waals surface area (Å²) in [4.78, 5) is 14.6. The lowest BCUT2D eigenvalue weighted by Crippen LogP contribution is -2.49. The number of carbonyl (C=O) groups excluding carboxylic acids is 1. The lowest BCUT2D eigenvalue weighted by Gasteiger charge is -2.36. The van der Waals surface area contributed by atoms with Crippen LogP contribution in [0.25, 0.3) is 0 Å². The number of rotatable bonds is 4. The molecule has 0 unspecified atom stereocenters. The fraction of sp³-hybridized carbons (Fsp3) is 0.688. The number of piperidine rings is 1. The molecule has 1 amide bonds. The number of hydrogen-bond acceptors (Lipinski definition) is 4. The minimum absolute atomic E-state index is 0.139. The average Bonchev–Trinajstić information content (AvgIpc) is 2.89. The van der Waals surface area contributed by atoms with Crippen molar-refractivity contribution in [3.8, 4) is 0 Å². The number of ether oxygens (including phenoxy) is 1. The highest BCUT2D eigenvalue weighted by atomic mass is 16.5. The third-order valence-corrected chi connectivity index (χ3v) is 4.87. The second kappa shape index (κ2) is 6.62. The summed E-state index contributed by atoms with van der Waals surface area (Å²) in [5.41, 5.74) is 0. The molecule has 3 heterocycles. The molecular formula is C16H24N2O3. The molecule has 2 aliphatic heterocycles. The maximum absolute atomic E-state index is 12.2. The number of methoxy groups -OCH3 is 1. The SMILES string of the molecule is COC[C@@H]1CNC(=O)[C@H]2CCN(Cc3ccco3)CC[C@@H]12. The number of hydrogen-bond donors (Lipinski definition) is 1. The quantitative estimate of drug-likeness (QED) is 0.914. The zero-order chi connectivity index (χ0) is 14.7. The van der Waals surface area contributed by atoms with Crippen LogP contribution >= 0.6 is 0 Å². The van der Waals surface area contributed by atoms with E-state index in [-0.39, 0.29) is 11.8 Å². The van der Waals surface area contributed by atoms with Crippen LogP contribution in [0.5, 0.6) is 0 Å². The van der Waals surface area contributed by atoms with Crippen molar-refractivity contribution in [3.05, 3.63) is 24.2 Å². The first-order chi connectivity index (χ1) is 10.3. The van der Waals surface area contributed by atoms with E-state index in [0.29, 0.717) is 11.8 Å². The van der Waals surface area contributed by atoms with Crippen LogP contribution in [0.4, 0.5) is 0 Å². The molecule has 2 aliphatic rings. The van der Waals surface area contributed by atoms with Crippen molar-refractivity contribution < 1.29 is 13.9 Å².